The molecule has 0 amide bonds. The zero-order valence-electron chi connectivity index (χ0n) is 20.7. The molecule has 1 unspecified atom stereocenters. The van der Waals surface area contributed by atoms with E-state index in [1.165, 1.54) is 24.8 Å². The third-order valence-corrected chi connectivity index (χ3v) is 7.59. The van der Waals surface area contributed by atoms with Gasteiger partial charge in [0.25, 0.3) is 5.56 Å². The normalized spacial score (nSPS) is 17.2. The Hall–Kier alpha value is -3.68. The summed E-state index contributed by atoms with van der Waals surface area (Å²) in [6.45, 7) is 3.39. The third kappa shape index (κ3) is 4.14. The number of pyridine rings is 1. The zero-order valence-corrected chi connectivity index (χ0v) is 20.7. The summed E-state index contributed by atoms with van der Waals surface area (Å²) in [7, 11) is 0. The van der Waals surface area contributed by atoms with Crippen LogP contribution in [0.25, 0.3) is 10.9 Å². The first-order valence-corrected chi connectivity index (χ1v) is 13.1. The Bertz CT molecular complexity index is 1420. The quantitative estimate of drug-likeness (QED) is 0.416. The third-order valence-electron chi connectivity index (χ3n) is 7.59. The van der Waals surface area contributed by atoms with Gasteiger partial charge in [-0.2, -0.15) is 0 Å². The molecule has 1 N–H and O–H groups in total. The summed E-state index contributed by atoms with van der Waals surface area (Å²) in [6, 6.07) is 16.1. The second-order valence-electron chi connectivity index (χ2n) is 9.84. The van der Waals surface area contributed by atoms with E-state index in [1.807, 2.05) is 35.9 Å². The summed E-state index contributed by atoms with van der Waals surface area (Å²) in [5.74, 6) is 1.53. The van der Waals surface area contributed by atoms with Crippen molar-refractivity contribution in [3.05, 3.63) is 75.8 Å². The van der Waals surface area contributed by atoms with Crippen LogP contribution in [0.15, 0.2) is 53.3 Å². The molecule has 1 aliphatic heterocycles. The minimum Gasteiger partial charge on any atom is -0.494 e. The molecule has 1 atom stereocenters. The van der Waals surface area contributed by atoms with Crippen LogP contribution in [0.2, 0.25) is 0 Å². The highest BCUT2D eigenvalue weighted by Crippen LogP contribution is 2.38. The molecular weight excluding hydrogens is 452 g/mol. The fraction of sp³-hybridized carbons (Fsp3) is 0.429. The van der Waals surface area contributed by atoms with Crippen molar-refractivity contribution < 1.29 is 4.74 Å². The van der Waals surface area contributed by atoms with E-state index in [1.54, 1.807) is 0 Å². The number of tetrazole rings is 1. The van der Waals surface area contributed by atoms with Gasteiger partial charge in [0.05, 0.1) is 12.6 Å². The van der Waals surface area contributed by atoms with Crippen LogP contribution in [0.3, 0.4) is 0 Å². The van der Waals surface area contributed by atoms with Crippen molar-refractivity contribution >= 4 is 16.6 Å². The summed E-state index contributed by atoms with van der Waals surface area (Å²) in [6.07, 6.45) is 7.77. The smallest absolute Gasteiger partial charge is 0.254 e. The van der Waals surface area contributed by atoms with E-state index in [4.69, 9.17) is 4.74 Å². The molecule has 0 saturated heterocycles. The molecule has 186 valence electrons. The van der Waals surface area contributed by atoms with Crippen molar-refractivity contribution in [2.24, 2.45) is 0 Å². The van der Waals surface area contributed by atoms with Gasteiger partial charge in [-0.1, -0.05) is 37.5 Å². The molecule has 0 spiro atoms. The first-order valence-electron chi connectivity index (χ1n) is 13.1. The second kappa shape index (κ2) is 9.76. The number of ether oxygens (including phenoxy) is 1. The number of benzene rings is 2. The van der Waals surface area contributed by atoms with Crippen LogP contribution in [0, 0.1) is 0 Å². The predicted octanol–water partition coefficient (Wildman–Crippen LogP) is 4.96. The van der Waals surface area contributed by atoms with E-state index in [0.29, 0.717) is 12.2 Å². The maximum absolute atomic E-state index is 13.6. The van der Waals surface area contributed by atoms with Crippen molar-refractivity contribution in [2.75, 3.05) is 18.1 Å². The lowest BCUT2D eigenvalue weighted by atomic mass is 9.94. The molecule has 2 aliphatic rings. The average molecular weight is 485 g/mol. The van der Waals surface area contributed by atoms with Crippen LogP contribution in [0.5, 0.6) is 5.75 Å². The number of H-pyrrole nitrogens is 1. The lowest BCUT2D eigenvalue weighted by Crippen LogP contribution is -2.39. The lowest BCUT2D eigenvalue weighted by Gasteiger charge is -2.38. The maximum Gasteiger partial charge on any atom is 0.254 e. The molecule has 8 heteroatoms. The largest absolute Gasteiger partial charge is 0.494 e. The van der Waals surface area contributed by atoms with Crippen molar-refractivity contribution in [3.8, 4) is 5.75 Å². The van der Waals surface area contributed by atoms with Gasteiger partial charge in [-0.05, 0) is 78.9 Å². The molecule has 1 fully saturated rings. The van der Waals surface area contributed by atoms with Crippen molar-refractivity contribution in [2.45, 2.75) is 64.0 Å². The minimum absolute atomic E-state index is 0.113. The number of nitrogens with zero attached hydrogens (tertiary/aromatic N) is 5. The Morgan fingerprint density at radius 2 is 1.94 bits per heavy atom. The molecule has 8 nitrogen and oxygen atoms in total. The van der Waals surface area contributed by atoms with Gasteiger partial charge in [-0.3, -0.25) is 4.79 Å². The van der Waals surface area contributed by atoms with E-state index in [-0.39, 0.29) is 11.6 Å². The van der Waals surface area contributed by atoms with E-state index in [0.717, 1.165) is 60.4 Å². The molecule has 1 aliphatic carbocycles. The van der Waals surface area contributed by atoms with Gasteiger partial charge in [-0.15, -0.1) is 5.10 Å². The summed E-state index contributed by atoms with van der Waals surface area (Å²) >= 11 is 0. The zero-order chi connectivity index (χ0) is 24.5. The van der Waals surface area contributed by atoms with Gasteiger partial charge >= 0.3 is 0 Å². The van der Waals surface area contributed by atoms with Gasteiger partial charge in [0, 0.05) is 28.7 Å². The highest BCUT2D eigenvalue weighted by atomic mass is 16.5. The minimum atomic E-state index is -0.396. The molecule has 36 heavy (non-hydrogen) atoms. The van der Waals surface area contributed by atoms with Crippen LogP contribution in [-0.2, 0) is 6.42 Å². The molecule has 4 aromatic rings. The van der Waals surface area contributed by atoms with Crippen LogP contribution in [0.4, 0.5) is 5.69 Å². The molecule has 1 saturated carbocycles. The summed E-state index contributed by atoms with van der Waals surface area (Å²) < 4.78 is 7.74. The molecular formula is C28H32N6O2. The number of nitrogens with one attached hydrogen (secondary N) is 1. The summed E-state index contributed by atoms with van der Waals surface area (Å²) in [4.78, 5) is 19.1. The van der Waals surface area contributed by atoms with E-state index >= 15 is 0 Å². The van der Waals surface area contributed by atoms with Crippen molar-refractivity contribution in [1.82, 2.24) is 25.2 Å². The van der Waals surface area contributed by atoms with Crippen LogP contribution < -0.4 is 15.2 Å². The fourth-order valence-electron chi connectivity index (χ4n) is 5.90. The Balaban J connectivity index is 1.54. The van der Waals surface area contributed by atoms with Gasteiger partial charge in [-0.25, -0.2) is 4.68 Å². The first kappa shape index (κ1) is 22.8. The number of hydrogen-bond donors (Lipinski definition) is 1. The number of hydrogen-bond acceptors (Lipinski definition) is 6. The molecule has 0 radical (unpaired) electrons. The van der Waals surface area contributed by atoms with Gasteiger partial charge in [0.1, 0.15) is 11.8 Å². The summed E-state index contributed by atoms with van der Waals surface area (Å²) in [5, 5.41) is 14.1. The Kier molecular flexibility index (Phi) is 6.17. The average Bonchev–Trinajstić information content (AvgIpc) is 3.40. The number of fused-ring (bicyclic) bond motifs is 2. The van der Waals surface area contributed by atoms with E-state index in [2.05, 4.69) is 49.7 Å². The maximum atomic E-state index is 13.6. The highest BCUT2D eigenvalue weighted by molar-refractivity contribution is 5.81. The number of rotatable bonds is 6. The van der Waals surface area contributed by atoms with Crippen molar-refractivity contribution in [3.63, 3.8) is 0 Å². The van der Waals surface area contributed by atoms with Crippen LogP contribution >= 0.6 is 0 Å². The number of anilines is 1. The number of aromatic nitrogens is 5. The standard InChI is InChI=1S/C28H32N6O2/c1-2-36-22-14-15-24-20(17-22)18-23(28(35)29-24)26(33-16-8-10-19-9-6-7-13-25(19)33)27-30-31-32-34(27)21-11-4-3-5-12-21/h6-7,9,13-15,17-18,21,26H,2-5,8,10-12,16H2,1H3,(H,29,35). The monoisotopic (exact) mass is 484 g/mol. The predicted molar refractivity (Wildman–Crippen MR) is 140 cm³/mol. The molecule has 6 rings (SSSR count). The molecule has 2 aromatic carbocycles. The van der Waals surface area contributed by atoms with E-state index in [9.17, 15) is 4.79 Å². The number of aromatic amines is 1. The SMILES string of the molecule is CCOc1ccc2[nH]c(=O)c(C(c3nnnn3C3CCCCC3)N3CCCc4ccccc43)cc2c1. The Morgan fingerprint density at radius 1 is 1.08 bits per heavy atom. The number of para-hydroxylation sites is 1. The molecule has 3 heterocycles. The fourth-order valence-corrected chi connectivity index (χ4v) is 5.90. The number of aryl methyl sites for hydroxylation is 1. The van der Waals surface area contributed by atoms with E-state index < -0.39 is 6.04 Å². The van der Waals surface area contributed by atoms with Gasteiger partial charge in [0.15, 0.2) is 5.82 Å². The topological polar surface area (TPSA) is 88.9 Å². The second-order valence-corrected chi connectivity index (χ2v) is 9.84. The van der Waals surface area contributed by atoms with Crippen molar-refractivity contribution in [1.29, 1.82) is 0 Å². The van der Waals surface area contributed by atoms with Crippen LogP contribution in [0.1, 0.15) is 74.5 Å². The molecule has 2 aromatic heterocycles. The Labute approximate surface area is 210 Å². The van der Waals surface area contributed by atoms with Gasteiger partial charge < -0.3 is 14.6 Å². The molecule has 0 bridgehead atoms. The highest BCUT2D eigenvalue weighted by Gasteiger charge is 2.34. The van der Waals surface area contributed by atoms with Crippen LogP contribution in [-0.4, -0.2) is 38.3 Å². The lowest BCUT2D eigenvalue weighted by molar-refractivity contribution is 0.313. The Morgan fingerprint density at radius 3 is 2.81 bits per heavy atom. The first-order chi connectivity index (χ1) is 17.7. The van der Waals surface area contributed by atoms with Gasteiger partial charge in [0.2, 0.25) is 0 Å². The summed E-state index contributed by atoms with van der Waals surface area (Å²) in [5.41, 5.74) is 3.77.